The molecule has 2 rings (SSSR count). The summed E-state index contributed by atoms with van der Waals surface area (Å²) in [7, 11) is 4.98. The number of ether oxygens (including phenoxy) is 2. The first kappa shape index (κ1) is 22.5. The van der Waals surface area contributed by atoms with E-state index in [-0.39, 0.29) is 24.0 Å². The minimum atomic E-state index is 0. The summed E-state index contributed by atoms with van der Waals surface area (Å²) < 4.78 is 10.6. The minimum Gasteiger partial charge on any atom is -0.493 e. The molecule has 2 N–H and O–H groups in total. The quantitative estimate of drug-likeness (QED) is 0.347. The van der Waals surface area contributed by atoms with Gasteiger partial charge in [0, 0.05) is 43.1 Å². The van der Waals surface area contributed by atoms with Gasteiger partial charge < -0.3 is 20.1 Å². The number of aromatic nitrogens is 1. The molecule has 0 aliphatic carbocycles. The fraction of sp³-hybridized carbons (Fsp3) is 0.444. The topological polar surface area (TPSA) is 67.8 Å². The van der Waals surface area contributed by atoms with Crippen molar-refractivity contribution in [3.8, 4) is 11.5 Å². The summed E-state index contributed by atoms with van der Waals surface area (Å²) in [6, 6.07) is 5.65. The molecule has 0 atom stereocenters. The van der Waals surface area contributed by atoms with Crippen molar-refractivity contribution < 1.29 is 9.47 Å². The Morgan fingerprint density at radius 2 is 1.96 bits per heavy atom. The van der Waals surface area contributed by atoms with Gasteiger partial charge in [-0.1, -0.05) is 13.8 Å². The molecule has 0 fully saturated rings. The van der Waals surface area contributed by atoms with Crippen molar-refractivity contribution in [2.45, 2.75) is 26.2 Å². The number of hydrogen-bond acceptors (Lipinski definition) is 5. The van der Waals surface area contributed by atoms with E-state index in [1.54, 1.807) is 32.6 Å². The first-order chi connectivity index (χ1) is 12.1. The Balaban J connectivity index is 0.00000338. The van der Waals surface area contributed by atoms with Crippen molar-refractivity contribution in [1.82, 2.24) is 10.3 Å². The number of anilines is 1. The molecule has 0 amide bonds. The lowest BCUT2D eigenvalue weighted by Gasteiger charge is -2.13. The number of methoxy groups -OCH3 is 2. The second kappa shape index (κ2) is 11.2. The van der Waals surface area contributed by atoms with Crippen molar-refractivity contribution in [3.63, 3.8) is 0 Å². The Bertz CT molecular complexity index is 719. The summed E-state index contributed by atoms with van der Waals surface area (Å²) in [6.07, 6.45) is 0.857. The summed E-state index contributed by atoms with van der Waals surface area (Å²) in [4.78, 5) is 8.90. The number of aliphatic imine (C=N–C) groups is 1. The normalized spacial score (nSPS) is 11.1. The fourth-order valence-electron chi connectivity index (χ4n) is 2.24. The zero-order chi connectivity index (χ0) is 18.2. The summed E-state index contributed by atoms with van der Waals surface area (Å²) in [5, 5.41) is 9.86. The van der Waals surface area contributed by atoms with E-state index in [4.69, 9.17) is 9.47 Å². The molecule has 1 aromatic carbocycles. The number of nitrogens with one attached hydrogen (secondary N) is 2. The van der Waals surface area contributed by atoms with Crippen LogP contribution >= 0.6 is 35.3 Å². The van der Waals surface area contributed by atoms with Gasteiger partial charge in [0.1, 0.15) is 0 Å². The Morgan fingerprint density at radius 1 is 1.23 bits per heavy atom. The van der Waals surface area contributed by atoms with Crippen LogP contribution in [0.25, 0.3) is 0 Å². The first-order valence-corrected chi connectivity index (χ1v) is 9.09. The zero-order valence-corrected chi connectivity index (χ0v) is 19.0. The highest BCUT2D eigenvalue weighted by Crippen LogP contribution is 2.29. The summed E-state index contributed by atoms with van der Waals surface area (Å²) in [5.41, 5.74) is 1.99. The van der Waals surface area contributed by atoms with E-state index in [1.165, 1.54) is 5.01 Å². The molecule has 0 aliphatic heterocycles. The van der Waals surface area contributed by atoms with E-state index in [0.717, 1.165) is 24.3 Å². The summed E-state index contributed by atoms with van der Waals surface area (Å²) >= 11 is 1.72. The molecule has 1 aromatic heterocycles. The van der Waals surface area contributed by atoms with Crippen molar-refractivity contribution in [2.75, 3.05) is 33.1 Å². The zero-order valence-electron chi connectivity index (χ0n) is 15.8. The van der Waals surface area contributed by atoms with Gasteiger partial charge in [-0.3, -0.25) is 4.99 Å². The molecule has 0 saturated carbocycles. The van der Waals surface area contributed by atoms with E-state index in [0.29, 0.717) is 23.4 Å². The van der Waals surface area contributed by atoms with Gasteiger partial charge in [-0.2, -0.15) is 0 Å². The number of benzene rings is 1. The van der Waals surface area contributed by atoms with Crippen LogP contribution in [-0.4, -0.2) is 38.8 Å². The van der Waals surface area contributed by atoms with Crippen molar-refractivity contribution in [3.05, 3.63) is 34.3 Å². The van der Waals surface area contributed by atoms with E-state index in [2.05, 4.69) is 39.8 Å². The van der Waals surface area contributed by atoms with E-state index < -0.39 is 0 Å². The summed E-state index contributed by atoms with van der Waals surface area (Å²) in [5.74, 6) is 2.55. The SMILES string of the molecule is CN=C(NCCc1csc(C(C)C)n1)Nc1ccc(OC)c(OC)c1.I. The smallest absolute Gasteiger partial charge is 0.195 e. The number of nitrogens with zero attached hydrogens (tertiary/aromatic N) is 2. The molecule has 2 aromatic rings. The maximum atomic E-state index is 5.32. The predicted octanol–water partition coefficient (Wildman–Crippen LogP) is 4.13. The highest BCUT2D eigenvalue weighted by Gasteiger charge is 2.08. The number of thiazole rings is 1. The largest absolute Gasteiger partial charge is 0.493 e. The van der Waals surface area contributed by atoms with Gasteiger partial charge in [0.15, 0.2) is 17.5 Å². The van der Waals surface area contributed by atoms with Crippen molar-refractivity contribution in [1.29, 1.82) is 0 Å². The molecule has 0 saturated heterocycles. The highest BCUT2D eigenvalue weighted by molar-refractivity contribution is 14.0. The molecule has 1 heterocycles. The van der Waals surface area contributed by atoms with Gasteiger partial charge in [-0.05, 0) is 12.1 Å². The van der Waals surface area contributed by atoms with Gasteiger partial charge >= 0.3 is 0 Å². The maximum absolute atomic E-state index is 5.32. The molecule has 8 heteroatoms. The van der Waals surface area contributed by atoms with Gasteiger partial charge in [-0.15, -0.1) is 35.3 Å². The molecule has 6 nitrogen and oxygen atoms in total. The lowest BCUT2D eigenvalue weighted by atomic mass is 10.2. The van der Waals surface area contributed by atoms with Crippen LogP contribution < -0.4 is 20.1 Å². The molecular weight excluding hydrogens is 463 g/mol. The molecule has 0 spiro atoms. The monoisotopic (exact) mass is 490 g/mol. The Morgan fingerprint density at radius 3 is 2.54 bits per heavy atom. The van der Waals surface area contributed by atoms with Crippen LogP contribution in [0.15, 0.2) is 28.6 Å². The van der Waals surface area contributed by atoms with Crippen LogP contribution in [0, 0.1) is 0 Å². The van der Waals surface area contributed by atoms with Crippen LogP contribution in [0.5, 0.6) is 11.5 Å². The first-order valence-electron chi connectivity index (χ1n) is 8.21. The Labute approximate surface area is 176 Å². The molecule has 0 aliphatic rings. The lowest BCUT2D eigenvalue weighted by molar-refractivity contribution is 0.355. The van der Waals surface area contributed by atoms with Crippen LogP contribution in [0.3, 0.4) is 0 Å². The van der Waals surface area contributed by atoms with E-state index in [9.17, 15) is 0 Å². The maximum Gasteiger partial charge on any atom is 0.195 e. The molecule has 0 radical (unpaired) electrons. The molecule has 0 bridgehead atoms. The lowest BCUT2D eigenvalue weighted by Crippen LogP contribution is -2.32. The summed E-state index contributed by atoms with van der Waals surface area (Å²) in [6.45, 7) is 5.08. The number of hydrogen-bond donors (Lipinski definition) is 2. The molecule has 0 unspecified atom stereocenters. The average molecular weight is 490 g/mol. The highest BCUT2D eigenvalue weighted by atomic mass is 127. The minimum absolute atomic E-state index is 0. The van der Waals surface area contributed by atoms with Gasteiger partial charge in [0.25, 0.3) is 0 Å². The van der Waals surface area contributed by atoms with Crippen molar-refractivity contribution in [2.24, 2.45) is 4.99 Å². The molecule has 144 valence electrons. The van der Waals surface area contributed by atoms with Gasteiger partial charge in [-0.25, -0.2) is 4.98 Å². The van der Waals surface area contributed by atoms with Crippen LogP contribution in [0.4, 0.5) is 5.69 Å². The standard InChI is InChI=1S/C18H26N4O2S.HI/c1-12(2)17-21-14(11-25-17)8-9-20-18(19-3)22-13-6-7-15(23-4)16(10-13)24-5;/h6-7,10-12H,8-9H2,1-5H3,(H2,19,20,22);1H. The third kappa shape index (κ3) is 6.31. The van der Waals surface area contributed by atoms with Crippen LogP contribution in [-0.2, 0) is 6.42 Å². The second-order valence-electron chi connectivity index (χ2n) is 5.78. The third-order valence-corrected chi connectivity index (χ3v) is 4.80. The van der Waals surface area contributed by atoms with Crippen LogP contribution in [0.1, 0.15) is 30.5 Å². The van der Waals surface area contributed by atoms with E-state index in [1.807, 2.05) is 18.2 Å². The van der Waals surface area contributed by atoms with Gasteiger partial charge in [0.2, 0.25) is 0 Å². The van der Waals surface area contributed by atoms with Gasteiger partial charge in [0.05, 0.1) is 24.9 Å². The number of halogens is 1. The Kier molecular flexibility index (Phi) is 9.71. The molecule has 26 heavy (non-hydrogen) atoms. The number of rotatable bonds is 7. The predicted molar refractivity (Wildman–Crippen MR) is 120 cm³/mol. The van der Waals surface area contributed by atoms with Crippen LogP contribution in [0.2, 0.25) is 0 Å². The molecular formula is C18H27IN4O2S. The fourth-order valence-corrected chi connectivity index (χ4v) is 3.11. The Hall–Kier alpha value is -1.55. The third-order valence-electron chi connectivity index (χ3n) is 3.61. The van der Waals surface area contributed by atoms with Crippen molar-refractivity contribution >= 4 is 47.0 Å². The second-order valence-corrected chi connectivity index (χ2v) is 6.67. The average Bonchev–Trinajstić information content (AvgIpc) is 3.09. The number of guanidine groups is 1. The van der Waals surface area contributed by atoms with E-state index >= 15 is 0 Å².